The summed E-state index contributed by atoms with van der Waals surface area (Å²) in [6.07, 6.45) is 0. The Morgan fingerprint density at radius 1 is 0.773 bits per heavy atom. The Bertz CT molecular complexity index is 727. The first-order valence-corrected chi connectivity index (χ1v) is 7.17. The lowest BCUT2D eigenvalue weighted by atomic mass is 9.91. The molecule has 0 heterocycles. The maximum Gasteiger partial charge on any atom is 0.144 e. The van der Waals surface area contributed by atoms with E-state index < -0.39 is 5.92 Å². The van der Waals surface area contributed by atoms with Gasteiger partial charge in [0.1, 0.15) is 17.5 Å². The third-order valence-corrected chi connectivity index (χ3v) is 3.46. The number of aryl methyl sites for hydroxylation is 1. The lowest BCUT2D eigenvalue weighted by Crippen LogP contribution is -2.16. The number of carbonyl (C=O) groups excluding carboxylic acids is 2. The minimum absolute atomic E-state index is 0.133. The number of hydrogen-bond donors (Lipinski definition) is 0. The molecule has 22 heavy (non-hydrogen) atoms. The van der Waals surface area contributed by atoms with E-state index in [-0.39, 0.29) is 11.6 Å². The van der Waals surface area contributed by atoms with Gasteiger partial charge in [-0.3, -0.25) is 9.59 Å². The van der Waals surface area contributed by atoms with Gasteiger partial charge in [0, 0.05) is 11.1 Å². The third kappa shape index (κ3) is 3.93. The quantitative estimate of drug-likeness (QED) is 0.638. The minimum atomic E-state index is -0.667. The zero-order chi connectivity index (χ0) is 16.1. The van der Waals surface area contributed by atoms with Gasteiger partial charge in [-0.25, -0.2) is 0 Å². The van der Waals surface area contributed by atoms with Crippen molar-refractivity contribution in [3.63, 3.8) is 0 Å². The van der Waals surface area contributed by atoms with Crippen LogP contribution in [0.3, 0.4) is 0 Å². The third-order valence-electron chi connectivity index (χ3n) is 3.46. The highest BCUT2D eigenvalue weighted by Crippen LogP contribution is 2.18. The van der Waals surface area contributed by atoms with Crippen molar-refractivity contribution in [1.82, 2.24) is 0 Å². The number of benzene rings is 2. The summed E-state index contributed by atoms with van der Waals surface area (Å²) >= 11 is 0. The Morgan fingerprint density at radius 2 is 1.18 bits per heavy atom. The molecule has 0 spiro atoms. The summed E-state index contributed by atoms with van der Waals surface area (Å²) in [6, 6.07) is 15.3. The predicted molar refractivity (Wildman–Crippen MR) is 87.7 cm³/mol. The molecule has 0 unspecified atom stereocenters. The molecule has 0 saturated carbocycles. The molecule has 110 valence electrons. The van der Waals surface area contributed by atoms with E-state index in [0.717, 1.165) is 16.7 Å². The summed E-state index contributed by atoms with van der Waals surface area (Å²) in [5.74, 6) is 5.25. The maximum absolute atomic E-state index is 11.6. The van der Waals surface area contributed by atoms with Crippen LogP contribution in [0.15, 0.2) is 48.5 Å². The standard InChI is InChI=1S/C20H18O2/c1-14-4-6-17(7-5-14)8-9-18-10-12-19(13-11-18)20(15(2)21)16(3)22/h4-7,10-13,20H,1-3H3. The Kier molecular flexibility index (Phi) is 4.91. The molecular weight excluding hydrogens is 272 g/mol. The van der Waals surface area contributed by atoms with E-state index in [2.05, 4.69) is 11.8 Å². The average molecular weight is 290 g/mol. The van der Waals surface area contributed by atoms with Crippen molar-refractivity contribution in [2.75, 3.05) is 0 Å². The van der Waals surface area contributed by atoms with Crippen LogP contribution in [0.25, 0.3) is 0 Å². The zero-order valence-corrected chi connectivity index (χ0v) is 13.0. The highest BCUT2D eigenvalue weighted by molar-refractivity contribution is 6.05. The van der Waals surface area contributed by atoms with Gasteiger partial charge in [0.2, 0.25) is 0 Å². The van der Waals surface area contributed by atoms with Crippen molar-refractivity contribution >= 4 is 11.6 Å². The number of hydrogen-bond acceptors (Lipinski definition) is 2. The highest BCUT2D eigenvalue weighted by atomic mass is 16.1. The van der Waals surface area contributed by atoms with Crippen molar-refractivity contribution in [2.24, 2.45) is 0 Å². The fourth-order valence-corrected chi connectivity index (χ4v) is 2.30. The molecular formula is C20H18O2. The first-order chi connectivity index (χ1) is 10.5. The molecule has 2 rings (SSSR count). The van der Waals surface area contributed by atoms with Gasteiger partial charge in [0.15, 0.2) is 0 Å². The molecule has 0 bridgehead atoms. The van der Waals surface area contributed by atoms with Crippen molar-refractivity contribution in [3.05, 3.63) is 70.8 Å². The van der Waals surface area contributed by atoms with Crippen LogP contribution in [0, 0.1) is 18.8 Å². The van der Waals surface area contributed by atoms with Crippen LogP contribution in [0.5, 0.6) is 0 Å². The molecule has 0 aromatic heterocycles. The van der Waals surface area contributed by atoms with Crippen LogP contribution in [0.1, 0.15) is 42.0 Å². The Morgan fingerprint density at radius 3 is 1.59 bits per heavy atom. The second-order valence-corrected chi connectivity index (χ2v) is 5.39. The fraction of sp³-hybridized carbons (Fsp3) is 0.200. The van der Waals surface area contributed by atoms with E-state index in [4.69, 9.17) is 0 Å². The molecule has 2 heteroatoms. The summed E-state index contributed by atoms with van der Waals surface area (Å²) in [6.45, 7) is 4.92. The van der Waals surface area contributed by atoms with Gasteiger partial charge in [0.25, 0.3) is 0 Å². The molecule has 0 saturated heterocycles. The summed E-state index contributed by atoms with van der Waals surface area (Å²) in [5.41, 5.74) is 3.74. The maximum atomic E-state index is 11.6. The van der Waals surface area contributed by atoms with E-state index >= 15 is 0 Å². The second kappa shape index (κ2) is 6.87. The zero-order valence-electron chi connectivity index (χ0n) is 13.0. The number of ketones is 2. The molecule has 0 aliphatic heterocycles. The fourth-order valence-electron chi connectivity index (χ4n) is 2.30. The largest absolute Gasteiger partial charge is 0.299 e. The molecule has 0 atom stereocenters. The van der Waals surface area contributed by atoms with Gasteiger partial charge in [-0.2, -0.15) is 0 Å². The van der Waals surface area contributed by atoms with Crippen molar-refractivity contribution in [1.29, 1.82) is 0 Å². The van der Waals surface area contributed by atoms with E-state index in [1.54, 1.807) is 12.1 Å². The molecule has 0 radical (unpaired) electrons. The normalized spacial score (nSPS) is 10.0. The molecule has 0 aliphatic rings. The smallest absolute Gasteiger partial charge is 0.144 e. The molecule has 2 aromatic rings. The average Bonchev–Trinajstić information content (AvgIpc) is 2.47. The highest BCUT2D eigenvalue weighted by Gasteiger charge is 2.21. The minimum Gasteiger partial charge on any atom is -0.299 e. The van der Waals surface area contributed by atoms with Crippen molar-refractivity contribution in [3.8, 4) is 11.8 Å². The molecule has 0 N–H and O–H groups in total. The molecule has 0 aliphatic carbocycles. The number of Topliss-reactive ketones (excluding diaryl/α,β-unsaturated/α-hetero) is 2. The SMILES string of the molecule is CC(=O)C(C(C)=O)c1ccc(C#Cc2ccc(C)cc2)cc1. The topological polar surface area (TPSA) is 34.1 Å². The van der Waals surface area contributed by atoms with E-state index in [1.165, 1.54) is 19.4 Å². The van der Waals surface area contributed by atoms with Gasteiger partial charge in [0.05, 0.1) is 0 Å². The monoisotopic (exact) mass is 290 g/mol. The first-order valence-electron chi connectivity index (χ1n) is 7.17. The van der Waals surface area contributed by atoms with Gasteiger partial charge < -0.3 is 0 Å². The van der Waals surface area contributed by atoms with Crippen LogP contribution < -0.4 is 0 Å². The van der Waals surface area contributed by atoms with Gasteiger partial charge in [-0.05, 0) is 50.6 Å². The Hall–Kier alpha value is -2.66. The summed E-state index contributed by atoms with van der Waals surface area (Å²) < 4.78 is 0. The molecule has 0 amide bonds. The van der Waals surface area contributed by atoms with E-state index in [0.29, 0.717) is 0 Å². The van der Waals surface area contributed by atoms with Crippen LogP contribution in [0.2, 0.25) is 0 Å². The van der Waals surface area contributed by atoms with Crippen LogP contribution >= 0.6 is 0 Å². The number of carbonyl (C=O) groups is 2. The summed E-state index contributed by atoms with van der Waals surface area (Å²) in [7, 11) is 0. The van der Waals surface area contributed by atoms with Crippen LogP contribution in [-0.4, -0.2) is 11.6 Å². The molecule has 0 fully saturated rings. The first kappa shape index (κ1) is 15.7. The van der Waals surface area contributed by atoms with Crippen LogP contribution in [-0.2, 0) is 9.59 Å². The molecule has 2 nitrogen and oxygen atoms in total. The summed E-state index contributed by atoms with van der Waals surface area (Å²) in [4.78, 5) is 23.1. The second-order valence-electron chi connectivity index (χ2n) is 5.39. The van der Waals surface area contributed by atoms with Crippen molar-refractivity contribution < 1.29 is 9.59 Å². The Balaban J connectivity index is 2.21. The number of rotatable bonds is 3. The Labute approximate surface area is 131 Å². The predicted octanol–water partition coefficient (Wildman–Crippen LogP) is 3.66. The van der Waals surface area contributed by atoms with Crippen LogP contribution in [0.4, 0.5) is 0 Å². The summed E-state index contributed by atoms with van der Waals surface area (Å²) in [5, 5.41) is 0. The van der Waals surface area contributed by atoms with Gasteiger partial charge in [-0.15, -0.1) is 0 Å². The van der Waals surface area contributed by atoms with Gasteiger partial charge >= 0.3 is 0 Å². The lowest BCUT2D eigenvalue weighted by Gasteiger charge is -2.10. The van der Waals surface area contributed by atoms with E-state index in [1.807, 2.05) is 43.3 Å². The lowest BCUT2D eigenvalue weighted by molar-refractivity contribution is -0.126. The molecule has 2 aromatic carbocycles. The van der Waals surface area contributed by atoms with E-state index in [9.17, 15) is 9.59 Å². The van der Waals surface area contributed by atoms with Crippen molar-refractivity contribution in [2.45, 2.75) is 26.7 Å². The van der Waals surface area contributed by atoms with Gasteiger partial charge in [-0.1, -0.05) is 41.7 Å².